The van der Waals surface area contributed by atoms with Gasteiger partial charge >= 0.3 is 0 Å². The molecule has 0 spiro atoms. The number of aromatic nitrogens is 2. The van der Waals surface area contributed by atoms with E-state index >= 15 is 0 Å². The van der Waals surface area contributed by atoms with Crippen molar-refractivity contribution < 1.29 is 14.1 Å². The van der Waals surface area contributed by atoms with Gasteiger partial charge in [-0.05, 0) is 12.0 Å². The molecule has 1 aliphatic heterocycles. The standard InChI is InChI=1S/C17H21N3O3/c1-17(13-6-4-3-5-7-13)9-8-16(21)20(12-17)10-14-18-15(11-22-2)23-19-14/h3-7H,8-12H2,1-2H3/t17-/m1/s1. The molecule has 122 valence electrons. The van der Waals surface area contributed by atoms with E-state index in [4.69, 9.17) is 9.26 Å². The van der Waals surface area contributed by atoms with Crippen LogP contribution in [-0.2, 0) is 28.1 Å². The number of hydrogen-bond donors (Lipinski definition) is 0. The Morgan fingerprint density at radius 3 is 2.87 bits per heavy atom. The molecule has 0 bridgehead atoms. The van der Waals surface area contributed by atoms with Crippen LogP contribution in [0.3, 0.4) is 0 Å². The molecule has 1 aromatic heterocycles. The molecule has 1 aliphatic rings. The van der Waals surface area contributed by atoms with E-state index in [0.717, 1.165) is 6.42 Å². The molecule has 0 saturated carbocycles. The number of methoxy groups -OCH3 is 1. The number of likely N-dealkylation sites (tertiary alicyclic amines) is 1. The van der Waals surface area contributed by atoms with Gasteiger partial charge in [0.05, 0.1) is 6.54 Å². The summed E-state index contributed by atoms with van der Waals surface area (Å²) in [5, 5.41) is 3.92. The van der Waals surface area contributed by atoms with Crippen molar-refractivity contribution in [2.24, 2.45) is 0 Å². The van der Waals surface area contributed by atoms with Crippen molar-refractivity contribution in [2.75, 3.05) is 13.7 Å². The summed E-state index contributed by atoms with van der Waals surface area (Å²) in [5.41, 5.74) is 1.21. The second kappa shape index (κ2) is 6.50. The fourth-order valence-electron chi connectivity index (χ4n) is 3.06. The summed E-state index contributed by atoms with van der Waals surface area (Å²) in [6.07, 6.45) is 1.39. The van der Waals surface area contributed by atoms with Crippen molar-refractivity contribution in [2.45, 2.75) is 38.3 Å². The SMILES string of the molecule is COCc1nc(CN2C[C@](C)(c3ccccc3)CCC2=O)no1. The van der Waals surface area contributed by atoms with E-state index in [1.54, 1.807) is 7.11 Å². The minimum Gasteiger partial charge on any atom is -0.375 e. The first-order valence-corrected chi connectivity index (χ1v) is 7.74. The summed E-state index contributed by atoms with van der Waals surface area (Å²) in [4.78, 5) is 18.3. The van der Waals surface area contributed by atoms with E-state index in [-0.39, 0.29) is 17.9 Å². The molecule has 1 atom stereocenters. The highest BCUT2D eigenvalue weighted by Crippen LogP contribution is 2.34. The minimum absolute atomic E-state index is 0.0474. The van der Waals surface area contributed by atoms with Crippen molar-refractivity contribution in [3.63, 3.8) is 0 Å². The Balaban J connectivity index is 1.74. The maximum Gasteiger partial charge on any atom is 0.252 e. The lowest BCUT2D eigenvalue weighted by atomic mass is 9.76. The lowest BCUT2D eigenvalue weighted by molar-refractivity contribution is -0.136. The van der Waals surface area contributed by atoms with Gasteiger partial charge in [0.1, 0.15) is 6.61 Å². The Kier molecular flexibility index (Phi) is 4.43. The van der Waals surface area contributed by atoms with Crippen LogP contribution in [0.15, 0.2) is 34.9 Å². The fraction of sp³-hybridized carbons (Fsp3) is 0.471. The van der Waals surface area contributed by atoms with E-state index in [0.29, 0.717) is 31.2 Å². The molecule has 1 fully saturated rings. The first-order valence-electron chi connectivity index (χ1n) is 7.74. The second-order valence-corrected chi connectivity index (χ2v) is 6.21. The molecule has 6 nitrogen and oxygen atoms in total. The van der Waals surface area contributed by atoms with Gasteiger partial charge in [0.25, 0.3) is 5.89 Å². The molecule has 23 heavy (non-hydrogen) atoms. The van der Waals surface area contributed by atoms with Crippen LogP contribution < -0.4 is 0 Å². The maximum absolute atomic E-state index is 12.3. The zero-order valence-electron chi connectivity index (χ0n) is 13.5. The molecule has 1 amide bonds. The van der Waals surface area contributed by atoms with Crippen LogP contribution in [0.25, 0.3) is 0 Å². The van der Waals surface area contributed by atoms with Crippen LogP contribution in [0, 0.1) is 0 Å². The molecule has 2 aromatic rings. The van der Waals surface area contributed by atoms with Gasteiger partial charge in [0.2, 0.25) is 5.91 Å². The van der Waals surface area contributed by atoms with Gasteiger partial charge in [-0.3, -0.25) is 4.79 Å². The lowest BCUT2D eigenvalue weighted by Gasteiger charge is -2.40. The minimum atomic E-state index is -0.0474. The number of ether oxygens (including phenoxy) is 1. The molecule has 2 heterocycles. The number of benzene rings is 1. The van der Waals surface area contributed by atoms with E-state index in [9.17, 15) is 4.79 Å². The smallest absolute Gasteiger partial charge is 0.252 e. The molecule has 1 saturated heterocycles. The van der Waals surface area contributed by atoms with Gasteiger partial charge in [-0.2, -0.15) is 4.98 Å². The molecule has 0 radical (unpaired) electrons. The first kappa shape index (κ1) is 15.7. The Bertz CT molecular complexity index is 671. The zero-order chi connectivity index (χ0) is 16.3. The van der Waals surface area contributed by atoms with Gasteiger partial charge in [-0.1, -0.05) is 42.4 Å². The predicted octanol–water partition coefficient (Wildman–Crippen LogP) is 2.30. The van der Waals surface area contributed by atoms with Crippen LogP contribution in [0.5, 0.6) is 0 Å². The van der Waals surface area contributed by atoms with Crippen LogP contribution in [0.4, 0.5) is 0 Å². The third kappa shape index (κ3) is 3.42. The van der Waals surface area contributed by atoms with Crippen molar-refractivity contribution in [1.82, 2.24) is 15.0 Å². The van der Waals surface area contributed by atoms with Gasteiger partial charge < -0.3 is 14.2 Å². The predicted molar refractivity (Wildman–Crippen MR) is 83.5 cm³/mol. The van der Waals surface area contributed by atoms with E-state index < -0.39 is 0 Å². The van der Waals surface area contributed by atoms with Crippen molar-refractivity contribution in [1.29, 1.82) is 0 Å². The second-order valence-electron chi connectivity index (χ2n) is 6.21. The quantitative estimate of drug-likeness (QED) is 0.847. The maximum atomic E-state index is 12.3. The summed E-state index contributed by atoms with van der Waals surface area (Å²) in [6, 6.07) is 10.3. The number of piperidine rings is 1. The fourth-order valence-corrected chi connectivity index (χ4v) is 3.06. The number of hydrogen-bond acceptors (Lipinski definition) is 5. The topological polar surface area (TPSA) is 68.5 Å². The van der Waals surface area contributed by atoms with Gasteiger partial charge in [0, 0.05) is 25.5 Å². The number of carbonyl (C=O) groups is 1. The number of amides is 1. The van der Waals surface area contributed by atoms with Gasteiger partial charge in [0.15, 0.2) is 5.82 Å². The molecule has 0 N–H and O–H groups in total. The third-order valence-corrected chi connectivity index (χ3v) is 4.36. The highest BCUT2D eigenvalue weighted by atomic mass is 16.5. The molecular weight excluding hydrogens is 294 g/mol. The van der Waals surface area contributed by atoms with Crippen LogP contribution in [-0.4, -0.2) is 34.6 Å². The third-order valence-electron chi connectivity index (χ3n) is 4.36. The summed E-state index contributed by atoms with van der Waals surface area (Å²) in [6.45, 7) is 3.51. The lowest BCUT2D eigenvalue weighted by Crippen LogP contribution is -2.47. The monoisotopic (exact) mass is 315 g/mol. The Morgan fingerprint density at radius 1 is 1.35 bits per heavy atom. The molecule has 0 aliphatic carbocycles. The van der Waals surface area contributed by atoms with Crippen LogP contribution in [0.1, 0.15) is 37.0 Å². The number of rotatable bonds is 5. The first-order chi connectivity index (χ1) is 11.1. The number of carbonyl (C=O) groups excluding carboxylic acids is 1. The normalized spacial score (nSPS) is 21.7. The van der Waals surface area contributed by atoms with Crippen molar-refractivity contribution in [3.05, 3.63) is 47.6 Å². The molecule has 1 aromatic carbocycles. The van der Waals surface area contributed by atoms with Crippen molar-refractivity contribution in [3.8, 4) is 0 Å². The number of nitrogens with zero attached hydrogens (tertiary/aromatic N) is 3. The highest BCUT2D eigenvalue weighted by molar-refractivity contribution is 5.77. The largest absolute Gasteiger partial charge is 0.375 e. The Hall–Kier alpha value is -2.21. The van der Waals surface area contributed by atoms with E-state index in [1.165, 1.54) is 5.56 Å². The highest BCUT2D eigenvalue weighted by Gasteiger charge is 2.36. The average molecular weight is 315 g/mol. The summed E-state index contributed by atoms with van der Waals surface area (Å²) < 4.78 is 10.1. The van der Waals surface area contributed by atoms with E-state index in [1.807, 2.05) is 23.1 Å². The average Bonchev–Trinajstić information content (AvgIpc) is 3.00. The van der Waals surface area contributed by atoms with Gasteiger partial charge in [-0.15, -0.1) is 0 Å². The Morgan fingerprint density at radius 2 is 2.13 bits per heavy atom. The van der Waals surface area contributed by atoms with E-state index in [2.05, 4.69) is 29.2 Å². The summed E-state index contributed by atoms with van der Waals surface area (Å²) >= 11 is 0. The molecule has 6 heteroatoms. The van der Waals surface area contributed by atoms with Crippen molar-refractivity contribution >= 4 is 5.91 Å². The van der Waals surface area contributed by atoms with Gasteiger partial charge in [-0.25, -0.2) is 0 Å². The molecule has 0 unspecified atom stereocenters. The summed E-state index contributed by atoms with van der Waals surface area (Å²) in [7, 11) is 1.57. The molecule has 3 rings (SSSR count). The summed E-state index contributed by atoms with van der Waals surface area (Å²) in [5.74, 6) is 1.08. The van der Waals surface area contributed by atoms with Crippen LogP contribution >= 0.6 is 0 Å². The van der Waals surface area contributed by atoms with Crippen LogP contribution in [0.2, 0.25) is 0 Å². The molecular formula is C17H21N3O3. The zero-order valence-corrected chi connectivity index (χ0v) is 13.5. The Labute approximate surface area is 135 Å².